The summed E-state index contributed by atoms with van der Waals surface area (Å²) in [5.41, 5.74) is 3.04. The van der Waals surface area contributed by atoms with Gasteiger partial charge in [0.25, 0.3) is 0 Å². The molecule has 0 nitrogen and oxygen atoms in total. The van der Waals surface area contributed by atoms with Crippen LogP contribution < -0.4 is 0 Å². The molecule has 1 unspecified atom stereocenters. The van der Waals surface area contributed by atoms with E-state index in [1.54, 1.807) is 0 Å². The summed E-state index contributed by atoms with van der Waals surface area (Å²) in [6.45, 7) is 13.1. The fraction of sp³-hybridized carbons (Fsp3) is 0.600. The van der Waals surface area contributed by atoms with E-state index in [1.165, 1.54) is 17.5 Å². The van der Waals surface area contributed by atoms with Crippen molar-refractivity contribution < 1.29 is 0 Å². The van der Waals surface area contributed by atoms with Gasteiger partial charge in [0.2, 0.25) is 0 Å². The predicted molar refractivity (Wildman–Crippen MR) is 70.6 cm³/mol. The van der Waals surface area contributed by atoms with E-state index in [0.29, 0.717) is 11.8 Å². The SMILES string of the molecule is CC.CCC(C)c1ccccc1C(C)C. The van der Waals surface area contributed by atoms with Crippen LogP contribution in [-0.4, -0.2) is 0 Å². The molecule has 0 bridgehead atoms. The molecule has 0 aliphatic carbocycles. The van der Waals surface area contributed by atoms with Crippen LogP contribution in [0.1, 0.15) is 70.9 Å². The Morgan fingerprint density at radius 1 is 0.933 bits per heavy atom. The van der Waals surface area contributed by atoms with Crippen molar-refractivity contribution in [2.24, 2.45) is 0 Å². The Morgan fingerprint density at radius 2 is 1.40 bits per heavy atom. The summed E-state index contributed by atoms with van der Waals surface area (Å²) in [4.78, 5) is 0. The zero-order valence-electron chi connectivity index (χ0n) is 11.2. The van der Waals surface area contributed by atoms with Gasteiger partial charge in [-0.15, -0.1) is 0 Å². The van der Waals surface area contributed by atoms with Gasteiger partial charge in [0, 0.05) is 0 Å². The lowest BCUT2D eigenvalue weighted by molar-refractivity contribution is 0.708. The van der Waals surface area contributed by atoms with Crippen LogP contribution in [0.4, 0.5) is 0 Å². The molecule has 0 N–H and O–H groups in total. The van der Waals surface area contributed by atoms with E-state index in [4.69, 9.17) is 0 Å². The second-order valence-corrected chi connectivity index (χ2v) is 4.09. The fourth-order valence-corrected chi connectivity index (χ4v) is 1.71. The minimum Gasteiger partial charge on any atom is -0.0683 e. The first-order valence-electron chi connectivity index (χ1n) is 6.25. The zero-order valence-corrected chi connectivity index (χ0v) is 11.2. The molecule has 1 aromatic carbocycles. The lowest BCUT2D eigenvalue weighted by Gasteiger charge is -2.17. The summed E-state index contributed by atoms with van der Waals surface area (Å²) in [5, 5.41) is 0. The molecule has 86 valence electrons. The number of rotatable bonds is 3. The molecule has 0 aliphatic rings. The lowest BCUT2D eigenvalue weighted by atomic mass is 9.89. The Balaban J connectivity index is 0.000000921. The minimum atomic E-state index is 0.644. The van der Waals surface area contributed by atoms with Crippen LogP contribution in [0.2, 0.25) is 0 Å². The molecule has 0 aromatic heterocycles. The quantitative estimate of drug-likeness (QED) is 0.625. The topological polar surface area (TPSA) is 0 Å². The van der Waals surface area contributed by atoms with E-state index < -0.39 is 0 Å². The van der Waals surface area contributed by atoms with Crippen molar-refractivity contribution in [3.05, 3.63) is 35.4 Å². The van der Waals surface area contributed by atoms with Crippen molar-refractivity contribution in [3.63, 3.8) is 0 Å². The molecular weight excluding hydrogens is 180 g/mol. The van der Waals surface area contributed by atoms with E-state index in [0.717, 1.165) is 0 Å². The molecule has 0 saturated carbocycles. The van der Waals surface area contributed by atoms with Crippen molar-refractivity contribution in [2.75, 3.05) is 0 Å². The van der Waals surface area contributed by atoms with Crippen molar-refractivity contribution in [2.45, 2.75) is 59.8 Å². The van der Waals surface area contributed by atoms with Gasteiger partial charge in [-0.2, -0.15) is 0 Å². The highest BCUT2D eigenvalue weighted by Gasteiger charge is 2.09. The Hall–Kier alpha value is -0.780. The van der Waals surface area contributed by atoms with Gasteiger partial charge in [0.1, 0.15) is 0 Å². The number of hydrogen-bond acceptors (Lipinski definition) is 0. The van der Waals surface area contributed by atoms with Crippen molar-refractivity contribution in [1.82, 2.24) is 0 Å². The smallest absolute Gasteiger partial charge is 0.0190 e. The minimum absolute atomic E-state index is 0.644. The summed E-state index contributed by atoms with van der Waals surface area (Å²) >= 11 is 0. The highest BCUT2D eigenvalue weighted by atomic mass is 14.1. The molecule has 1 atom stereocenters. The molecule has 0 amide bonds. The van der Waals surface area contributed by atoms with Crippen LogP contribution in [-0.2, 0) is 0 Å². The van der Waals surface area contributed by atoms with E-state index >= 15 is 0 Å². The first kappa shape index (κ1) is 14.2. The maximum absolute atomic E-state index is 2.31. The van der Waals surface area contributed by atoms with E-state index in [-0.39, 0.29) is 0 Å². The van der Waals surface area contributed by atoms with E-state index in [9.17, 15) is 0 Å². The highest BCUT2D eigenvalue weighted by Crippen LogP contribution is 2.27. The molecule has 0 saturated heterocycles. The van der Waals surface area contributed by atoms with Crippen LogP contribution in [0.15, 0.2) is 24.3 Å². The van der Waals surface area contributed by atoms with Gasteiger partial charge in [-0.25, -0.2) is 0 Å². The molecule has 15 heavy (non-hydrogen) atoms. The van der Waals surface area contributed by atoms with Crippen LogP contribution in [0.5, 0.6) is 0 Å². The summed E-state index contributed by atoms with van der Waals surface area (Å²) in [7, 11) is 0. The summed E-state index contributed by atoms with van der Waals surface area (Å²) in [6, 6.07) is 8.81. The molecule has 1 aromatic rings. The van der Waals surface area contributed by atoms with Crippen LogP contribution >= 0.6 is 0 Å². The second-order valence-electron chi connectivity index (χ2n) is 4.09. The first-order chi connectivity index (χ1) is 7.16. The molecule has 0 aliphatic heterocycles. The highest BCUT2D eigenvalue weighted by molar-refractivity contribution is 5.32. The maximum atomic E-state index is 2.31. The second kappa shape index (κ2) is 7.50. The number of benzene rings is 1. The van der Waals surface area contributed by atoms with Gasteiger partial charge in [-0.05, 0) is 29.4 Å². The summed E-state index contributed by atoms with van der Waals surface area (Å²) in [5.74, 6) is 1.34. The lowest BCUT2D eigenvalue weighted by Crippen LogP contribution is -1.99. The van der Waals surface area contributed by atoms with Crippen molar-refractivity contribution >= 4 is 0 Å². The predicted octanol–water partition coefficient (Wildman–Crippen LogP) is 5.35. The normalized spacial score (nSPS) is 11.9. The molecule has 0 spiro atoms. The Bertz CT molecular complexity index is 260. The molecule has 0 heterocycles. The Labute approximate surface area is 95.7 Å². The third kappa shape index (κ3) is 4.07. The first-order valence-corrected chi connectivity index (χ1v) is 6.25. The van der Waals surface area contributed by atoms with Gasteiger partial charge in [-0.1, -0.05) is 65.8 Å². The van der Waals surface area contributed by atoms with Gasteiger partial charge in [0.05, 0.1) is 0 Å². The van der Waals surface area contributed by atoms with Crippen LogP contribution in [0, 0.1) is 0 Å². The van der Waals surface area contributed by atoms with Gasteiger partial charge in [-0.3, -0.25) is 0 Å². The average Bonchev–Trinajstić information content (AvgIpc) is 2.30. The standard InChI is InChI=1S/C13H20.C2H6/c1-5-11(4)13-9-7-6-8-12(13)10(2)3;1-2/h6-11H,5H2,1-4H3;1-2H3. The molecule has 1 rings (SSSR count). The number of hydrogen-bond donors (Lipinski definition) is 0. The molecule has 0 fully saturated rings. The van der Waals surface area contributed by atoms with Crippen LogP contribution in [0.25, 0.3) is 0 Å². The van der Waals surface area contributed by atoms with E-state index in [2.05, 4.69) is 52.0 Å². The average molecular weight is 206 g/mol. The Kier molecular flexibility index (Phi) is 7.11. The zero-order chi connectivity index (χ0) is 11.8. The van der Waals surface area contributed by atoms with Crippen molar-refractivity contribution in [3.8, 4) is 0 Å². The third-order valence-electron chi connectivity index (χ3n) is 2.76. The third-order valence-corrected chi connectivity index (χ3v) is 2.76. The van der Waals surface area contributed by atoms with E-state index in [1.807, 2.05) is 13.8 Å². The van der Waals surface area contributed by atoms with Gasteiger partial charge < -0.3 is 0 Å². The summed E-state index contributed by atoms with van der Waals surface area (Å²) in [6.07, 6.45) is 1.23. The van der Waals surface area contributed by atoms with Crippen LogP contribution in [0.3, 0.4) is 0 Å². The molecule has 0 heteroatoms. The summed E-state index contributed by atoms with van der Waals surface area (Å²) < 4.78 is 0. The van der Waals surface area contributed by atoms with Gasteiger partial charge >= 0.3 is 0 Å². The van der Waals surface area contributed by atoms with Gasteiger partial charge in [0.15, 0.2) is 0 Å². The Morgan fingerprint density at radius 3 is 1.80 bits per heavy atom. The monoisotopic (exact) mass is 206 g/mol. The molecule has 0 radical (unpaired) electrons. The fourth-order valence-electron chi connectivity index (χ4n) is 1.71. The largest absolute Gasteiger partial charge is 0.0683 e. The molecular formula is C15H26. The van der Waals surface area contributed by atoms with Crippen molar-refractivity contribution in [1.29, 1.82) is 0 Å². The maximum Gasteiger partial charge on any atom is -0.0190 e.